The summed E-state index contributed by atoms with van der Waals surface area (Å²) in [6.07, 6.45) is 0. The fourth-order valence-electron chi connectivity index (χ4n) is 1.87. The minimum Gasteiger partial charge on any atom is -0.377 e. The molecule has 0 fully saturated rings. The molecular weight excluding hydrogens is 230 g/mol. The van der Waals surface area contributed by atoms with Crippen molar-refractivity contribution in [2.45, 2.75) is 0 Å². The van der Waals surface area contributed by atoms with Gasteiger partial charge in [0.1, 0.15) is 0 Å². The summed E-state index contributed by atoms with van der Waals surface area (Å²) in [5, 5.41) is 9.00. The number of nitrogens with zero attached hydrogens (tertiary/aromatic N) is 1. The van der Waals surface area contributed by atoms with Gasteiger partial charge in [0.15, 0.2) is 5.17 Å². The zero-order valence-electron chi connectivity index (χ0n) is 9.05. The molecule has 3 rings (SSSR count). The van der Waals surface area contributed by atoms with Crippen LogP contribution in [-0.4, -0.2) is 5.17 Å². The zero-order chi connectivity index (χ0) is 11.7. The van der Waals surface area contributed by atoms with Crippen molar-refractivity contribution in [3.63, 3.8) is 0 Å². The van der Waals surface area contributed by atoms with Crippen LogP contribution in [0.3, 0.4) is 0 Å². The zero-order valence-corrected chi connectivity index (χ0v) is 9.87. The number of amidine groups is 1. The molecule has 2 aromatic carbocycles. The normalized spacial score (nSPS) is 15.1. The van der Waals surface area contributed by atoms with Crippen molar-refractivity contribution >= 4 is 33.4 Å². The summed E-state index contributed by atoms with van der Waals surface area (Å²) in [5.74, 6) is 0. The highest BCUT2D eigenvalue weighted by atomic mass is 32.2. The Kier molecular flexibility index (Phi) is 2.49. The summed E-state index contributed by atoms with van der Waals surface area (Å²) >= 11 is 1.43. The summed E-state index contributed by atoms with van der Waals surface area (Å²) in [5.41, 5.74) is 10.7. The molecule has 84 valence electrons. The summed E-state index contributed by atoms with van der Waals surface area (Å²) in [6.45, 7) is 0. The summed E-state index contributed by atoms with van der Waals surface area (Å²) < 4.78 is 0. The molecule has 1 aliphatic heterocycles. The van der Waals surface area contributed by atoms with Crippen LogP contribution in [0.4, 0.5) is 0 Å². The number of thioether (sulfide) groups is 1. The van der Waals surface area contributed by atoms with Gasteiger partial charge in [-0.3, -0.25) is 5.43 Å². The van der Waals surface area contributed by atoms with Gasteiger partial charge in [0.05, 0.1) is 5.70 Å². The smallest absolute Gasteiger partial charge is 0.182 e. The third-order valence-electron chi connectivity index (χ3n) is 2.66. The van der Waals surface area contributed by atoms with Crippen LogP contribution >= 0.6 is 11.8 Å². The summed E-state index contributed by atoms with van der Waals surface area (Å²) in [4.78, 5) is 0. The molecule has 3 N–H and O–H groups in total. The minimum atomic E-state index is 0.536. The molecule has 0 unspecified atom stereocenters. The van der Waals surface area contributed by atoms with Gasteiger partial charge in [0, 0.05) is 11.0 Å². The molecule has 0 amide bonds. The van der Waals surface area contributed by atoms with Gasteiger partial charge in [-0.25, -0.2) is 0 Å². The Bertz CT molecular complexity index is 626. The van der Waals surface area contributed by atoms with Crippen LogP contribution in [0.2, 0.25) is 0 Å². The maximum absolute atomic E-state index is 5.59. The van der Waals surface area contributed by atoms with E-state index in [1.54, 1.807) is 0 Å². The van der Waals surface area contributed by atoms with Crippen LogP contribution in [0.1, 0.15) is 5.56 Å². The molecule has 4 heteroatoms. The van der Waals surface area contributed by atoms with Gasteiger partial charge in [0.25, 0.3) is 0 Å². The Morgan fingerprint density at radius 3 is 2.71 bits per heavy atom. The second kappa shape index (κ2) is 4.14. The molecule has 17 heavy (non-hydrogen) atoms. The maximum Gasteiger partial charge on any atom is 0.182 e. The Balaban J connectivity index is 2.12. The van der Waals surface area contributed by atoms with Crippen molar-refractivity contribution in [1.82, 2.24) is 5.43 Å². The minimum absolute atomic E-state index is 0.536. The van der Waals surface area contributed by atoms with Crippen LogP contribution in [0.25, 0.3) is 16.5 Å². The van der Waals surface area contributed by atoms with Gasteiger partial charge in [0.2, 0.25) is 0 Å². The van der Waals surface area contributed by atoms with E-state index in [2.05, 4.69) is 34.8 Å². The Morgan fingerprint density at radius 1 is 1.06 bits per heavy atom. The first-order chi connectivity index (χ1) is 8.34. The third-order valence-corrected chi connectivity index (χ3v) is 3.35. The van der Waals surface area contributed by atoms with Crippen LogP contribution in [-0.2, 0) is 0 Å². The average Bonchev–Trinajstić information content (AvgIpc) is 2.39. The monoisotopic (exact) mass is 241 g/mol. The van der Waals surface area contributed by atoms with E-state index in [4.69, 9.17) is 5.73 Å². The molecular formula is C13H11N3S. The predicted octanol–water partition coefficient (Wildman–Crippen LogP) is 2.70. The van der Waals surface area contributed by atoms with Gasteiger partial charge in [-0.1, -0.05) is 54.2 Å². The second-order valence-electron chi connectivity index (χ2n) is 3.74. The predicted molar refractivity (Wildman–Crippen MR) is 74.3 cm³/mol. The van der Waals surface area contributed by atoms with E-state index in [1.165, 1.54) is 22.5 Å². The standard InChI is InChI=1S/C13H11N3S/c14-13-16-15-12(8-17-13)11-7-3-5-9-4-1-2-6-10(9)11/h1-8,15H,(H2,14,16). The molecule has 0 aromatic heterocycles. The number of hydrogen-bond donors (Lipinski definition) is 2. The topological polar surface area (TPSA) is 50.4 Å². The number of rotatable bonds is 1. The maximum atomic E-state index is 5.59. The van der Waals surface area contributed by atoms with E-state index >= 15 is 0 Å². The number of nitrogens with two attached hydrogens (primary N) is 1. The fourth-order valence-corrected chi connectivity index (χ4v) is 2.39. The average molecular weight is 241 g/mol. The molecule has 0 atom stereocenters. The van der Waals surface area contributed by atoms with E-state index in [0.29, 0.717) is 5.17 Å². The molecule has 0 saturated heterocycles. The number of nitrogens with one attached hydrogen (secondary N) is 1. The van der Waals surface area contributed by atoms with Gasteiger partial charge in [-0.05, 0) is 10.8 Å². The molecule has 0 aliphatic carbocycles. The van der Waals surface area contributed by atoms with Crippen molar-refractivity contribution in [1.29, 1.82) is 0 Å². The quantitative estimate of drug-likeness (QED) is 0.807. The Labute approximate surface area is 103 Å². The van der Waals surface area contributed by atoms with Gasteiger partial charge in [-0.2, -0.15) is 5.10 Å². The molecule has 0 saturated carbocycles. The SMILES string of the molecule is NC1=NNC(c2cccc3ccccc23)=CS1. The van der Waals surface area contributed by atoms with E-state index in [1.807, 2.05) is 23.6 Å². The highest BCUT2D eigenvalue weighted by Crippen LogP contribution is 2.26. The lowest BCUT2D eigenvalue weighted by atomic mass is 10.0. The Hall–Kier alpha value is -1.94. The first kappa shape index (κ1) is 10.2. The van der Waals surface area contributed by atoms with Crippen LogP contribution in [0, 0.1) is 0 Å². The van der Waals surface area contributed by atoms with E-state index in [0.717, 1.165) is 11.3 Å². The largest absolute Gasteiger partial charge is 0.377 e. The molecule has 0 bridgehead atoms. The first-order valence-corrected chi connectivity index (χ1v) is 6.17. The number of benzene rings is 2. The van der Waals surface area contributed by atoms with Gasteiger partial charge in [-0.15, -0.1) is 0 Å². The molecule has 0 spiro atoms. The van der Waals surface area contributed by atoms with Crippen molar-refractivity contribution < 1.29 is 0 Å². The third kappa shape index (κ3) is 1.87. The first-order valence-electron chi connectivity index (χ1n) is 5.29. The van der Waals surface area contributed by atoms with Crippen LogP contribution < -0.4 is 11.2 Å². The van der Waals surface area contributed by atoms with Gasteiger partial charge < -0.3 is 5.73 Å². The van der Waals surface area contributed by atoms with Crippen LogP contribution in [0.15, 0.2) is 53.0 Å². The van der Waals surface area contributed by atoms with Gasteiger partial charge >= 0.3 is 0 Å². The summed E-state index contributed by atoms with van der Waals surface area (Å²) in [6, 6.07) is 14.5. The summed E-state index contributed by atoms with van der Waals surface area (Å²) in [7, 11) is 0. The van der Waals surface area contributed by atoms with E-state index < -0.39 is 0 Å². The number of fused-ring (bicyclic) bond motifs is 1. The van der Waals surface area contributed by atoms with E-state index in [-0.39, 0.29) is 0 Å². The lowest BCUT2D eigenvalue weighted by molar-refractivity contribution is 0.994. The Morgan fingerprint density at radius 2 is 1.88 bits per heavy atom. The van der Waals surface area contributed by atoms with Crippen molar-refractivity contribution in [3.05, 3.63) is 53.4 Å². The molecule has 1 aliphatic rings. The highest BCUT2D eigenvalue weighted by molar-refractivity contribution is 8.16. The number of hydrogen-bond acceptors (Lipinski definition) is 4. The second-order valence-corrected chi connectivity index (χ2v) is 4.63. The van der Waals surface area contributed by atoms with Crippen molar-refractivity contribution in [3.8, 4) is 0 Å². The fraction of sp³-hybridized carbons (Fsp3) is 0. The highest BCUT2D eigenvalue weighted by Gasteiger charge is 2.09. The molecule has 3 nitrogen and oxygen atoms in total. The van der Waals surface area contributed by atoms with Crippen molar-refractivity contribution in [2.75, 3.05) is 0 Å². The lowest BCUT2D eigenvalue weighted by Crippen LogP contribution is -2.17. The van der Waals surface area contributed by atoms with Crippen LogP contribution in [0.5, 0.6) is 0 Å². The molecule has 2 aromatic rings. The van der Waals surface area contributed by atoms with E-state index in [9.17, 15) is 0 Å². The van der Waals surface area contributed by atoms with Crippen molar-refractivity contribution in [2.24, 2.45) is 10.8 Å². The lowest BCUT2D eigenvalue weighted by Gasteiger charge is -2.13. The number of hydrazone groups is 1. The molecule has 0 radical (unpaired) electrons. The molecule has 1 heterocycles.